The van der Waals surface area contributed by atoms with Crippen LogP contribution in [0.5, 0.6) is 0 Å². The molecule has 5 heteroatoms. The van der Waals surface area contributed by atoms with Crippen molar-refractivity contribution in [1.29, 1.82) is 0 Å². The quantitative estimate of drug-likeness (QED) is 0.869. The normalized spacial score (nSPS) is 13.3. The maximum Gasteiger partial charge on any atom is 0.253 e. The maximum atomic E-state index is 12.3. The van der Waals surface area contributed by atoms with Gasteiger partial charge in [-0.15, -0.1) is 0 Å². The van der Waals surface area contributed by atoms with Crippen molar-refractivity contribution in [3.8, 4) is 0 Å². The Morgan fingerprint density at radius 3 is 3.00 bits per heavy atom. The zero-order chi connectivity index (χ0) is 13.2. The number of aromatic amines is 1. The smallest absolute Gasteiger partial charge is 0.253 e. The molecule has 3 rings (SSSR count). The molecule has 19 heavy (non-hydrogen) atoms. The first kappa shape index (κ1) is 11.9. The molecule has 0 atom stereocenters. The van der Waals surface area contributed by atoms with Crippen LogP contribution in [0.15, 0.2) is 30.6 Å². The van der Waals surface area contributed by atoms with Crippen molar-refractivity contribution in [2.45, 2.75) is 19.6 Å². The first-order chi connectivity index (χ1) is 9.24. The van der Waals surface area contributed by atoms with E-state index in [2.05, 4.69) is 15.5 Å². The van der Waals surface area contributed by atoms with Gasteiger partial charge in [0.25, 0.3) is 5.91 Å². The molecule has 1 aliphatic rings. The molecule has 0 radical (unpaired) electrons. The third-order valence-corrected chi connectivity index (χ3v) is 3.41. The van der Waals surface area contributed by atoms with Gasteiger partial charge in [-0.25, -0.2) is 0 Å². The van der Waals surface area contributed by atoms with E-state index in [0.717, 1.165) is 24.2 Å². The zero-order valence-corrected chi connectivity index (χ0v) is 10.8. The number of nitrogens with one attached hydrogen (secondary N) is 2. The fraction of sp³-hybridized carbons (Fsp3) is 0.286. The number of benzene rings is 1. The van der Waals surface area contributed by atoms with Crippen LogP contribution in [0.1, 0.15) is 27.0 Å². The number of H-pyrrole nitrogens is 1. The lowest BCUT2D eigenvalue weighted by Crippen LogP contribution is -2.26. The molecule has 2 heterocycles. The van der Waals surface area contributed by atoms with Crippen molar-refractivity contribution in [3.63, 3.8) is 0 Å². The van der Waals surface area contributed by atoms with Gasteiger partial charge in [-0.3, -0.25) is 9.89 Å². The number of hydrogen-bond acceptors (Lipinski definition) is 3. The number of aromatic nitrogens is 2. The second-order valence-corrected chi connectivity index (χ2v) is 4.85. The Hall–Kier alpha value is -2.14. The summed E-state index contributed by atoms with van der Waals surface area (Å²) in [6.07, 6.45) is 3.53. The highest BCUT2D eigenvalue weighted by Crippen LogP contribution is 2.18. The van der Waals surface area contributed by atoms with Crippen LogP contribution in [0.4, 0.5) is 0 Å². The van der Waals surface area contributed by atoms with Gasteiger partial charge in [0.15, 0.2) is 0 Å². The third kappa shape index (κ3) is 2.37. The molecule has 2 N–H and O–H groups in total. The van der Waals surface area contributed by atoms with Crippen LogP contribution in [0.25, 0.3) is 0 Å². The molecule has 0 aliphatic carbocycles. The Balaban J connectivity index is 1.76. The molecule has 5 nitrogen and oxygen atoms in total. The first-order valence-electron chi connectivity index (χ1n) is 6.29. The summed E-state index contributed by atoms with van der Waals surface area (Å²) in [6, 6.07) is 5.93. The van der Waals surface area contributed by atoms with Crippen molar-refractivity contribution in [2.75, 3.05) is 7.05 Å². The van der Waals surface area contributed by atoms with Crippen LogP contribution in [0.2, 0.25) is 0 Å². The summed E-state index contributed by atoms with van der Waals surface area (Å²) in [4.78, 5) is 14.0. The largest absolute Gasteiger partial charge is 0.337 e. The summed E-state index contributed by atoms with van der Waals surface area (Å²) < 4.78 is 0. The van der Waals surface area contributed by atoms with E-state index in [1.807, 2.05) is 18.2 Å². The maximum absolute atomic E-state index is 12.3. The van der Waals surface area contributed by atoms with E-state index in [0.29, 0.717) is 6.54 Å². The van der Waals surface area contributed by atoms with E-state index in [1.165, 1.54) is 11.1 Å². The molecule has 0 unspecified atom stereocenters. The van der Waals surface area contributed by atoms with Crippen molar-refractivity contribution in [3.05, 3.63) is 52.8 Å². The Bertz CT molecular complexity index is 591. The number of hydrogen-bond donors (Lipinski definition) is 2. The fourth-order valence-electron chi connectivity index (χ4n) is 2.36. The lowest BCUT2D eigenvalue weighted by atomic mass is 10.1. The molecule has 0 spiro atoms. The molecule has 98 valence electrons. The van der Waals surface area contributed by atoms with E-state index in [4.69, 9.17) is 0 Å². The predicted molar refractivity (Wildman–Crippen MR) is 71.4 cm³/mol. The van der Waals surface area contributed by atoms with Gasteiger partial charge in [0.2, 0.25) is 0 Å². The van der Waals surface area contributed by atoms with E-state index < -0.39 is 0 Å². The lowest BCUT2D eigenvalue weighted by Gasteiger charge is -2.16. The summed E-state index contributed by atoms with van der Waals surface area (Å²) in [7, 11) is 1.81. The molecule has 2 aromatic rings. The number of carbonyl (C=O) groups is 1. The monoisotopic (exact) mass is 256 g/mol. The highest BCUT2D eigenvalue weighted by molar-refractivity contribution is 5.94. The average Bonchev–Trinajstić information content (AvgIpc) is 3.07. The highest BCUT2D eigenvalue weighted by atomic mass is 16.2. The van der Waals surface area contributed by atoms with Crippen LogP contribution in [-0.2, 0) is 19.6 Å². The van der Waals surface area contributed by atoms with Crippen LogP contribution in [0.3, 0.4) is 0 Å². The van der Waals surface area contributed by atoms with Crippen molar-refractivity contribution < 1.29 is 4.79 Å². The minimum absolute atomic E-state index is 0.0379. The SMILES string of the molecule is CN(Cc1cn[nH]c1)C(=O)c1ccc2c(c1)CNC2. The summed E-state index contributed by atoms with van der Waals surface area (Å²) in [6.45, 7) is 2.31. The molecule has 0 saturated carbocycles. The first-order valence-corrected chi connectivity index (χ1v) is 6.29. The molecule has 1 amide bonds. The molecule has 1 aromatic carbocycles. The second-order valence-electron chi connectivity index (χ2n) is 4.85. The molecule has 0 saturated heterocycles. The minimum atomic E-state index is 0.0379. The minimum Gasteiger partial charge on any atom is -0.337 e. The summed E-state index contributed by atoms with van der Waals surface area (Å²) in [5, 5.41) is 9.92. The van der Waals surface area contributed by atoms with Gasteiger partial charge in [-0.2, -0.15) is 5.10 Å². The van der Waals surface area contributed by atoms with Gasteiger partial charge >= 0.3 is 0 Å². The van der Waals surface area contributed by atoms with Crippen molar-refractivity contribution >= 4 is 5.91 Å². The third-order valence-electron chi connectivity index (χ3n) is 3.41. The summed E-state index contributed by atoms with van der Waals surface area (Å²) in [5.41, 5.74) is 4.25. The summed E-state index contributed by atoms with van der Waals surface area (Å²) >= 11 is 0. The summed E-state index contributed by atoms with van der Waals surface area (Å²) in [5.74, 6) is 0.0379. The van der Waals surface area contributed by atoms with Crippen LogP contribution in [-0.4, -0.2) is 28.1 Å². The molecular weight excluding hydrogens is 240 g/mol. The Morgan fingerprint density at radius 1 is 1.37 bits per heavy atom. The van der Waals surface area contributed by atoms with Gasteiger partial charge in [-0.1, -0.05) is 6.07 Å². The number of rotatable bonds is 3. The van der Waals surface area contributed by atoms with Crippen LogP contribution < -0.4 is 5.32 Å². The molecule has 1 aromatic heterocycles. The molecule has 0 bridgehead atoms. The van der Waals surface area contributed by atoms with Gasteiger partial charge in [-0.05, 0) is 23.3 Å². The lowest BCUT2D eigenvalue weighted by molar-refractivity contribution is 0.0785. The fourth-order valence-corrected chi connectivity index (χ4v) is 2.36. The average molecular weight is 256 g/mol. The van der Waals surface area contributed by atoms with Crippen LogP contribution >= 0.6 is 0 Å². The van der Waals surface area contributed by atoms with Crippen LogP contribution in [0, 0.1) is 0 Å². The standard InChI is InChI=1S/C14H16N4O/c1-18(9-10-5-16-17-6-10)14(19)11-2-3-12-7-15-8-13(12)4-11/h2-6,15H,7-9H2,1H3,(H,16,17). The molecular formula is C14H16N4O. The number of fused-ring (bicyclic) bond motifs is 1. The van der Waals surface area contributed by atoms with E-state index in [-0.39, 0.29) is 5.91 Å². The van der Waals surface area contributed by atoms with Gasteiger partial charge in [0.1, 0.15) is 0 Å². The topological polar surface area (TPSA) is 61.0 Å². The molecule has 0 fully saturated rings. The Kier molecular flexibility index (Phi) is 3.05. The number of carbonyl (C=O) groups excluding carboxylic acids is 1. The second kappa shape index (κ2) is 4.85. The molecule has 1 aliphatic heterocycles. The van der Waals surface area contributed by atoms with E-state index in [9.17, 15) is 4.79 Å². The number of nitrogens with zero attached hydrogens (tertiary/aromatic N) is 2. The van der Waals surface area contributed by atoms with Crippen molar-refractivity contribution in [1.82, 2.24) is 20.4 Å². The predicted octanol–water partition coefficient (Wildman–Crippen LogP) is 1.29. The van der Waals surface area contributed by atoms with Gasteiger partial charge in [0, 0.05) is 44.0 Å². The Labute approximate surface area is 111 Å². The van der Waals surface area contributed by atoms with Gasteiger partial charge < -0.3 is 10.2 Å². The highest BCUT2D eigenvalue weighted by Gasteiger charge is 2.16. The number of amides is 1. The van der Waals surface area contributed by atoms with E-state index >= 15 is 0 Å². The van der Waals surface area contributed by atoms with E-state index in [1.54, 1.807) is 24.3 Å². The zero-order valence-electron chi connectivity index (χ0n) is 10.8. The Morgan fingerprint density at radius 2 is 2.21 bits per heavy atom. The van der Waals surface area contributed by atoms with Crippen molar-refractivity contribution in [2.24, 2.45) is 0 Å². The van der Waals surface area contributed by atoms with Gasteiger partial charge in [0.05, 0.1) is 6.20 Å².